The molecule has 5 rings (SSSR count). The van der Waals surface area contributed by atoms with Gasteiger partial charge >= 0.3 is 6.18 Å². The Morgan fingerprint density at radius 3 is 2.74 bits per heavy atom. The van der Waals surface area contributed by atoms with Crippen molar-refractivity contribution < 1.29 is 13.2 Å². The van der Waals surface area contributed by atoms with Gasteiger partial charge in [-0.3, -0.25) is 4.40 Å². The summed E-state index contributed by atoms with van der Waals surface area (Å²) in [6.07, 6.45) is 0.883. The normalized spacial score (nSPS) is 16.7. The first-order chi connectivity index (χ1) is 12.8. The second kappa shape index (κ2) is 5.48. The van der Waals surface area contributed by atoms with Gasteiger partial charge in [0.05, 0.1) is 22.0 Å². The molecule has 0 atom stereocenters. The zero-order valence-electron chi connectivity index (χ0n) is 14.1. The molecule has 1 N–H and O–H groups in total. The van der Waals surface area contributed by atoms with Gasteiger partial charge in [0.2, 0.25) is 0 Å². The molecule has 0 amide bonds. The number of fused-ring (bicyclic) bond motifs is 2. The predicted octanol–water partition coefficient (Wildman–Crippen LogP) is 5.43. The highest BCUT2D eigenvalue weighted by Gasteiger charge is 2.38. The van der Waals surface area contributed by atoms with Gasteiger partial charge in [0.15, 0.2) is 5.69 Å². The number of alkyl halides is 3. The standard InChI is InChI=1S/C19H14ClF3N4/c1-9-4-12-5-11(6-13(20)16(12)25-9)15-17(19(21,22)23)24-8-27-7-14(10-2-3-10)26-18(15)27/h5-8,10,25H,1-4H2. The number of halogens is 4. The highest BCUT2D eigenvalue weighted by molar-refractivity contribution is 6.34. The Bertz CT molecular complexity index is 1110. The average Bonchev–Trinajstić information content (AvgIpc) is 3.23. The molecule has 2 aromatic heterocycles. The summed E-state index contributed by atoms with van der Waals surface area (Å²) in [4.78, 5) is 8.22. The van der Waals surface area contributed by atoms with Gasteiger partial charge in [-0.2, -0.15) is 13.2 Å². The Balaban J connectivity index is 1.79. The smallest absolute Gasteiger partial charge is 0.358 e. The van der Waals surface area contributed by atoms with Crippen molar-refractivity contribution in [3.8, 4) is 11.1 Å². The van der Waals surface area contributed by atoms with Crippen LogP contribution in [0.4, 0.5) is 18.9 Å². The quantitative estimate of drug-likeness (QED) is 0.634. The lowest BCUT2D eigenvalue weighted by atomic mass is 10.0. The Hall–Kier alpha value is -2.54. The van der Waals surface area contributed by atoms with Crippen molar-refractivity contribution in [1.29, 1.82) is 0 Å². The van der Waals surface area contributed by atoms with Crippen LogP contribution >= 0.6 is 11.6 Å². The summed E-state index contributed by atoms with van der Waals surface area (Å²) < 4.78 is 42.7. The van der Waals surface area contributed by atoms with E-state index < -0.39 is 11.9 Å². The van der Waals surface area contributed by atoms with Crippen LogP contribution in [0, 0.1) is 0 Å². The molecule has 0 bridgehead atoms. The van der Waals surface area contributed by atoms with E-state index in [1.807, 2.05) is 0 Å². The van der Waals surface area contributed by atoms with Crippen molar-refractivity contribution in [3.05, 3.63) is 58.9 Å². The lowest BCUT2D eigenvalue weighted by molar-refractivity contribution is -0.140. The molecule has 0 radical (unpaired) electrons. The second-order valence-corrected chi connectivity index (χ2v) is 7.44. The maximum Gasteiger partial charge on any atom is 0.434 e. The summed E-state index contributed by atoms with van der Waals surface area (Å²) in [5, 5.41) is 3.42. The fourth-order valence-corrected chi connectivity index (χ4v) is 3.86. The highest BCUT2D eigenvalue weighted by Crippen LogP contribution is 2.44. The molecule has 0 unspecified atom stereocenters. The van der Waals surface area contributed by atoms with E-state index in [1.165, 1.54) is 12.4 Å². The first-order valence-electron chi connectivity index (χ1n) is 8.53. The van der Waals surface area contributed by atoms with Crippen molar-refractivity contribution in [2.45, 2.75) is 31.4 Å². The summed E-state index contributed by atoms with van der Waals surface area (Å²) in [6.45, 7) is 3.87. The minimum absolute atomic E-state index is 0.0425. The molecule has 4 nitrogen and oxygen atoms in total. The van der Waals surface area contributed by atoms with Gasteiger partial charge in [0, 0.05) is 24.2 Å². The topological polar surface area (TPSA) is 42.2 Å². The Kier molecular flexibility index (Phi) is 3.37. The Labute approximate surface area is 157 Å². The van der Waals surface area contributed by atoms with Gasteiger partial charge in [-0.15, -0.1) is 0 Å². The van der Waals surface area contributed by atoms with Gasteiger partial charge in [-0.05, 0) is 36.1 Å². The number of hydrogen-bond donors (Lipinski definition) is 1. The van der Waals surface area contributed by atoms with E-state index in [4.69, 9.17) is 11.6 Å². The highest BCUT2D eigenvalue weighted by atomic mass is 35.5. The maximum atomic E-state index is 13.7. The Morgan fingerprint density at radius 2 is 2.04 bits per heavy atom. The fraction of sp³-hybridized carbons (Fsp3) is 0.263. The molecule has 1 fully saturated rings. The number of anilines is 1. The van der Waals surface area contributed by atoms with Crippen molar-refractivity contribution in [2.75, 3.05) is 5.32 Å². The van der Waals surface area contributed by atoms with E-state index >= 15 is 0 Å². The van der Waals surface area contributed by atoms with Crippen LogP contribution < -0.4 is 5.32 Å². The number of hydrogen-bond acceptors (Lipinski definition) is 3. The van der Waals surface area contributed by atoms with Gasteiger partial charge in [-0.1, -0.05) is 18.2 Å². The lowest BCUT2D eigenvalue weighted by Gasteiger charge is -2.14. The second-order valence-electron chi connectivity index (χ2n) is 7.03. The molecule has 27 heavy (non-hydrogen) atoms. The van der Waals surface area contributed by atoms with Crippen LogP contribution in [-0.4, -0.2) is 14.4 Å². The maximum absolute atomic E-state index is 13.7. The van der Waals surface area contributed by atoms with E-state index in [1.54, 1.807) is 16.7 Å². The van der Waals surface area contributed by atoms with Crippen molar-refractivity contribution in [2.24, 2.45) is 0 Å². The zero-order valence-corrected chi connectivity index (χ0v) is 14.8. The summed E-state index contributed by atoms with van der Waals surface area (Å²) >= 11 is 6.34. The largest absolute Gasteiger partial charge is 0.434 e. The van der Waals surface area contributed by atoms with E-state index in [-0.39, 0.29) is 11.2 Å². The lowest BCUT2D eigenvalue weighted by Crippen LogP contribution is -2.12. The monoisotopic (exact) mass is 390 g/mol. The Morgan fingerprint density at radius 1 is 1.26 bits per heavy atom. The molecule has 138 valence electrons. The minimum atomic E-state index is -4.60. The number of nitrogens with one attached hydrogen (secondary N) is 1. The molecule has 1 aliphatic carbocycles. The van der Waals surface area contributed by atoms with Crippen LogP contribution in [0.3, 0.4) is 0 Å². The molecule has 1 saturated carbocycles. The number of benzene rings is 1. The van der Waals surface area contributed by atoms with Crippen LogP contribution in [0.5, 0.6) is 0 Å². The third-order valence-corrected chi connectivity index (χ3v) is 5.25. The molecule has 0 saturated heterocycles. The number of imidazole rings is 1. The van der Waals surface area contributed by atoms with Crippen LogP contribution in [0.15, 0.2) is 36.9 Å². The van der Waals surface area contributed by atoms with Crippen LogP contribution in [0.2, 0.25) is 5.02 Å². The molecule has 1 aromatic carbocycles. The van der Waals surface area contributed by atoms with E-state index in [0.29, 0.717) is 28.6 Å². The zero-order chi connectivity index (χ0) is 18.9. The average molecular weight is 391 g/mol. The van der Waals surface area contributed by atoms with Crippen LogP contribution in [0.1, 0.15) is 35.7 Å². The summed E-state index contributed by atoms with van der Waals surface area (Å²) in [7, 11) is 0. The molecule has 1 aliphatic heterocycles. The number of aromatic nitrogens is 3. The van der Waals surface area contributed by atoms with E-state index in [2.05, 4.69) is 21.9 Å². The SMILES string of the molecule is C=C1Cc2cc(-c3c(C(F)(F)F)ncn4cc(C5CC5)nc34)cc(Cl)c2N1. The van der Waals surface area contributed by atoms with Crippen LogP contribution in [0.25, 0.3) is 16.8 Å². The van der Waals surface area contributed by atoms with Crippen molar-refractivity contribution in [1.82, 2.24) is 14.4 Å². The van der Waals surface area contributed by atoms with Crippen molar-refractivity contribution in [3.63, 3.8) is 0 Å². The minimum Gasteiger partial charge on any atom is -0.358 e. The molecule has 3 heterocycles. The first kappa shape index (κ1) is 16.6. The van der Waals surface area contributed by atoms with Crippen LogP contribution in [-0.2, 0) is 12.6 Å². The van der Waals surface area contributed by atoms with E-state index in [0.717, 1.165) is 29.8 Å². The molecule has 2 aliphatic rings. The molecule has 3 aromatic rings. The van der Waals surface area contributed by atoms with Gasteiger partial charge in [0.25, 0.3) is 0 Å². The summed E-state index contributed by atoms with van der Waals surface area (Å²) in [5.74, 6) is 0.322. The van der Waals surface area contributed by atoms with Crippen molar-refractivity contribution >= 4 is 22.9 Å². The molecular weight excluding hydrogens is 377 g/mol. The third-order valence-electron chi connectivity index (χ3n) is 4.95. The third kappa shape index (κ3) is 2.68. The number of allylic oxidation sites excluding steroid dienone is 1. The van der Waals surface area contributed by atoms with Gasteiger partial charge in [-0.25, -0.2) is 9.97 Å². The fourth-order valence-electron chi connectivity index (χ4n) is 3.57. The number of nitrogens with zero attached hydrogens (tertiary/aromatic N) is 3. The van der Waals surface area contributed by atoms with E-state index in [9.17, 15) is 13.2 Å². The first-order valence-corrected chi connectivity index (χ1v) is 8.91. The summed E-state index contributed by atoms with van der Waals surface area (Å²) in [5.41, 5.74) is 2.68. The molecule has 8 heteroatoms. The molecule has 0 spiro atoms. The predicted molar refractivity (Wildman–Crippen MR) is 96.9 cm³/mol. The molecular formula is C19H14ClF3N4. The van der Waals surface area contributed by atoms with Gasteiger partial charge < -0.3 is 5.32 Å². The number of rotatable bonds is 2. The van der Waals surface area contributed by atoms with Gasteiger partial charge in [0.1, 0.15) is 12.0 Å². The summed E-state index contributed by atoms with van der Waals surface area (Å²) in [6, 6.07) is 3.24.